The van der Waals surface area contributed by atoms with Crippen LogP contribution in [0.1, 0.15) is 41.5 Å². The second-order valence-electron chi connectivity index (χ2n) is 5.67. The van der Waals surface area contributed by atoms with Gasteiger partial charge in [-0.05, 0) is 43.0 Å². The van der Waals surface area contributed by atoms with Gasteiger partial charge in [0.2, 0.25) is 0 Å². The van der Waals surface area contributed by atoms with E-state index in [-0.39, 0.29) is 6.04 Å². The summed E-state index contributed by atoms with van der Waals surface area (Å²) in [6, 6.07) is 6.58. The molecule has 0 aliphatic heterocycles. The lowest BCUT2D eigenvalue weighted by atomic mass is 10.0. The first-order valence-electron chi connectivity index (χ1n) is 7.17. The third kappa shape index (κ3) is 2.00. The maximum atomic E-state index is 9.63. The van der Waals surface area contributed by atoms with Gasteiger partial charge in [-0.15, -0.1) is 11.3 Å². The van der Waals surface area contributed by atoms with Crippen molar-refractivity contribution in [2.45, 2.75) is 31.9 Å². The molecule has 21 heavy (non-hydrogen) atoms. The van der Waals surface area contributed by atoms with E-state index >= 15 is 0 Å². The average Bonchev–Trinajstić information content (AvgIpc) is 3.14. The molecule has 0 saturated heterocycles. The SMILES string of the molecule is C[C@@H](O)c1cnc(-c2cc3c4c(ccc3[nH]2)[C@H](N)CC4)s1. The van der Waals surface area contributed by atoms with Crippen LogP contribution in [0.4, 0.5) is 0 Å². The van der Waals surface area contributed by atoms with E-state index in [1.54, 1.807) is 13.1 Å². The Bertz CT molecular complexity index is 818. The van der Waals surface area contributed by atoms with Gasteiger partial charge < -0.3 is 15.8 Å². The molecule has 0 saturated carbocycles. The predicted octanol–water partition coefficient (Wildman–Crippen LogP) is 3.29. The minimum absolute atomic E-state index is 0.171. The summed E-state index contributed by atoms with van der Waals surface area (Å²) in [6.07, 6.45) is 3.35. The highest BCUT2D eigenvalue weighted by Crippen LogP contribution is 2.37. The molecule has 0 unspecified atom stereocenters. The molecule has 1 aliphatic carbocycles. The standard InChI is InChI=1S/C16H17N3OS/c1-8(20)15-7-18-16(21-15)14-6-11-9-2-4-12(17)10(9)3-5-13(11)19-14/h3,5-8,12,19-20H,2,4,17H2,1H3/t8-,12-/m1/s1. The molecule has 0 bridgehead atoms. The van der Waals surface area contributed by atoms with Crippen LogP contribution in [0.5, 0.6) is 0 Å². The number of hydrogen-bond donors (Lipinski definition) is 3. The van der Waals surface area contributed by atoms with Crippen molar-refractivity contribution in [1.29, 1.82) is 0 Å². The van der Waals surface area contributed by atoms with Gasteiger partial charge in [0.05, 0.1) is 16.7 Å². The number of benzene rings is 1. The highest BCUT2D eigenvalue weighted by atomic mass is 32.1. The van der Waals surface area contributed by atoms with Crippen LogP contribution in [0.2, 0.25) is 0 Å². The molecule has 2 atom stereocenters. The first-order valence-corrected chi connectivity index (χ1v) is 7.99. The van der Waals surface area contributed by atoms with Gasteiger partial charge in [0, 0.05) is 23.1 Å². The summed E-state index contributed by atoms with van der Waals surface area (Å²) < 4.78 is 0. The van der Waals surface area contributed by atoms with E-state index in [1.807, 2.05) is 0 Å². The number of fused-ring (bicyclic) bond motifs is 3. The van der Waals surface area contributed by atoms with Crippen LogP contribution in [0.25, 0.3) is 21.6 Å². The minimum Gasteiger partial charge on any atom is -0.388 e. The lowest BCUT2D eigenvalue weighted by Crippen LogP contribution is -2.04. The molecule has 5 heteroatoms. The first-order chi connectivity index (χ1) is 10.1. The summed E-state index contributed by atoms with van der Waals surface area (Å²) in [5, 5.41) is 11.8. The Kier molecular flexibility index (Phi) is 2.89. The van der Waals surface area contributed by atoms with Crippen molar-refractivity contribution in [3.8, 4) is 10.7 Å². The number of rotatable bonds is 2. The van der Waals surface area contributed by atoms with Gasteiger partial charge in [-0.1, -0.05) is 6.07 Å². The van der Waals surface area contributed by atoms with Crippen LogP contribution in [0.3, 0.4) is 0 Å². The van der Waals surface area contributed by atoms with E-state index in [0.717, 1.165) is 33.9 Å². The molecular formula is C16H17N3OS. The molecule has 3 aromatic rings. The van der Waals surface area contributed by atoms with E-state index in [4.69, 9.17) is 5.73 Å². The largest absolute Gasteiger partial charge is 0.388 e. The van der Waals surface area contributed by atoms with Crippen LogP contribution >= 0.6 is 11.3 Å². The molecule has 108 valence electrons. The molecule has 0 radical (unpaired) electrons. The second kappa shape index (κ2) is 4.66. The number of nitrogens with two attached hydrogens (primary N) is 1. The number of thiazole rings is 1. The molecular weight excluding hydrogens is 282 g/mol. The number of H-pyrrole nitrogens is 1. The molecule has 1 aliphatic rings. The Morgan fingerprint density at radius 2 is 2.33 bits per heavy atom. The average molecular weight is 299 g/mol. The minimum atomic E-state index is -0.470. The van der Waals surface area contributed by atoms with Gasteiger partial charge in [0.25, 0.3) is 0 Å². The topological polar surface area (TPSA) is 74.9 Å². The number of aromatic nitrogens is 2. The Labute approximate surface area is 126 Å². The summed E-state index contributed by atoms with van der Waals surface area (Å²) in [7, 11) is 0. The van der Waals surface area contributed by atoms with E-state index in [1.165, 1.54) is 27.8 Å². The Hall–Kier alpha value is -1.69. The monoisotopic (exact) mass is 299 g/mol. The third-order valence-corrected chi connectivity index (χ3v) is 5.42. The molecule has 0 fully saturated rings. The maximum Gasteiger partial charge on any atom is 0.139 e. The van der Waals surface area contributed by atoms with Crippen molar-refractivity contribution in [3.05, 3.63) is 40.4 Å². The lowest BCUT2D eigenvalue weighted by Gasteiger charge is -2.04. The summed E-state index contributed by atoms with van der Waals surface area (Å²) in [5.41, 5.74) is 10.9. The van der Waals surface area contributed by atoms with Gasteiger partial charge in [0.1, 0.15) is 5.01 Å². The zero-order valence-corrected chi connectivity index (χ0v) is 12.6. The van der Waals surface area contributed by atoms with Crippen LogP contribution in [0.15, 0.2) is 24.4 Å². The molecule has 1 aromatic carbocycles. The number of aromatic amines is 1. The number of hydrogen-bond acceptors (Lipinski definition) is 4. The number of nitrogens with one attached hydrogen (secondary N) is 1. The quantitative estimate of drug-likeness (QED) is 0.679. The maximum absolute atomic E-state index is 9.63. The molecule has 0 amide bonds. The first kappa shape index (κ1) is 13.0. The number of aliphatic hydroxyl groups excluding tert-OH is 1. The van der Waals surface area contributed by atoms with Crippen LogP contribution < -0.4 is 5.73 Å². The fourth-order valence-corrected chi connectivity index (χ4v) is 3.91. The molecule has 4 nitrogen and oxygen atoms in total. The fourth-order valence-electron chi connectivity index (χ4n) is 3.08. The van der Waals surface area contributed by atoms with E-state index in [0.29, 0.717) is 0 Å². The van der Waals surface area contributed by atoms with Crippen LogP contribution in [-0.2, 0) is 6.42 Å². The molecule has 4 N–H and O–H groups in total. The highest BCUT2D eigenvalue weighted by molar-refractivity contribution is 7.15. The highest BCUT2D eigenvalue weighted by Gasteiger charge is 2.22. The molecule has 0 spiro atoms. The van der Waals surface area contributed by atoms with E-state index in [2.05, 4.69) is 28.2 Å². The zero-order valence-electron chi connectivity index (χ0n) is 11.8. The Morgan fingerprint density at radius 3 is 3.10 bits per heavy atom. The third-order valence-electron chi connectivity index (χ3n) is 4.22. The van der Waals surface area contributed by atoms with Crippen LogP contribution in [-0.4, -0.2) is 15.1 Å². The number of aryl methyl sites for hydroxylation is 1. The number of aliphatic hydroxyl groups is 1. The van der Waals surface area contributed by atoms with Gasteiger partial charge >= 0.3 is 0 Å². The lowest BCUT2D eigenvalue weighted by molar-refractivity contribution is 0.203. The van der Waals surface area contributed by atoms with E-state index < -0.39 is 6.10 Å². The van der Waals surface area contributed by atoms with Crippen molar-refractivity contribution < 1.29 is 5.11 Å². The van der Waals surface area contributed by atoms with Crippen molar-refractivity contribution in [2.24, 2.45) is 5.73 Å². The Balaban J connectivity index is 1.84. The van der Waals surface area contributed by atoms with Crippen molar-refractivity contribution in [3.63, 3.8) is 0 Å². The van der Waals surface area contributed by atoms with Gasteiger partial charge in [-0.25, -0.2) is 4.98 Å². The van der Waals surface area contributed by atoms with Crippen molar-refractivity contribution >= 4 is 22.2 Å². The Morgan fingerprint density at radius 1 is 1.48 bits per heavy atom. The molecule has 2 aromatic heterocycles. The summed E-state index contributed by atoms with van der Waals surface area (Å²) in [5.74, 6) is 0. The summed E-state index contributed by atoms with van der Waals surface area (Å²) in [4.78, 5) is 8.73. The predicted molar refractivity (Wildman–Crippen MR) is 85.3 cm³/mol. The normalized spacial score (nSPS) is 19.1. The second-order valence-corrected chi connectivity index (χ2v) is 6.73. The van der Waals surface area contributed by atoms with E-state index in [9.17, 15) is 5.11 Å². The smallest absolute Gasteiger partial charge is 0.139 e. The van der Waals surface area contributed by atoms with Gasteiger partial charge in [-0.2, -0.15) is 0 Å². The zero-order chi connectivity index (χ0) is 14.6. The van der Waals surface area contributed by atoms with Gasteiger partial charge in [0.15, 0.2) is 0 Å². The number of nitrogens with zero attached hydrogens (tertiary/aromatic N) is 1. The van der Waals surface area contributed by atoms with Gasteiger partial charge in [-0.3, -0.25) is 0 Å². The fraction of sp³-hybridized carbons (Fsp3) is 0.312. The summed E-state index contributed by atoms with van der Waals surface area (Å²) in [6.45, 7) is 1.76. The van der Waals surface area contributed by atoms with Crippen molar-refractivity contribution in [1.82, 2.24) is 9.97 Å². The van der Waals surface area contributed by atoms with Crippen molar-refractivity contribution in [2.75, 3.05) is 0 Å². The van der Waals surface area contributed by atoms with Crippen LogP contribution in [0, 0.1) is 0 Å². The summed E-state index contributed by atoms with van der Waals surface area (Å²) >= 11 is 1.53. The molecule has 2 heterocycles. The molecule has 4 rings (SSSR count).